The molecule has 166 valence electrons. The van der Waals surface area contributed by atoms with Crippen molar-refractivity contribution in [2.24, 2.45) is 0 Å². The highest BCUT2D eigenvalue weighted by Crippen LogP contribution is 2.32. The molecule has 1 aliphatic heterocycles. The van der Waals surface area contributed by atoms with Gasteiger partial charge < -0.3 is 14.4 Å². The first-order chi connectivity index (χ1) is 14.8. The number of sulfonamides is 1. The number of carbonyl (C=O) groups is 1. The number of amides is 1. The predicted octanol–water partition coefficient (Wildman–Crippen LogP) is 3.34. The number of carbonyl (C=O) groups excluding carboxylic acids is 1. The maximum absolute atomic E-state index is 12.8. The van der Waals surface area contributed by atoms with Gasteiger partial charge in [0.1, 0.15) is 11.5 Å². The first-order valence-corrected chi connectivity index (χ1v) is 11.6. The summed E-state index contributed by atoms with van der Waals surface area (Å²) >= 11 is 0. The van der Waals surface area contributed by atoms with E-state index in [1.54, 1.807) is 55.5 Å². The molecule has 2 aromatic carbocycles. The van der Waals surface area contributed by atoms with Crippen LogP contribution in [0.2, 0.25) is 0 Å². The van der Waals surface area contributed by atoms with Gasteiger partial charge in [0.25, 0.3) is 5.91 Å². The molecule has 0 fully saturated rings. The van der Waals surface area contributed by atoms with Crippen molar-refractivity contribution in [1.29, 1.82) is 0 Å². The Labute approximate surface area is 183 Å². The van der Waals surface area contributed by atoms with E-state index in [1.807, 2.05) is 19.9 Å². The van der Waals surface area contributed by atoms with Crippen molar-refractivity contribution < 1.29 is 22.7 Å². The molecule has 3 rings (SSSR count). The highest BCUT2D eigenvalue weighted by molar-refractivity contribution is 7.89. The van der Waals surface area contributed by atoms with Gasteiger partial charge in [-0.15, -0.1) is 0 Å². The molecule has 1 amide bonds. The molecule has 1 heterocycles. The molecule has 0 aromatic heterocycles. The van der Waals surface area contributed by atoms with Crippen LogP contribution in [0.5, 0.6) is 11.5 Å². The second-order valence-corrected chi connectivity index (χ2v) is 9.00. The maximum atomic E-state index is 12.8. The van der Waals surface area contributed by atoms with Gasteiger partial charge in [0.2, 0.25) is 10.0 Å². The Kier molecular flexibility index (Phi) is 7.02. The topological polar surface area (TPSA) is 76.2 Å². The number of hydrogen-bond acceptors (Lipinski definition) is 5. The first-order valence-electron chi connectivity index (χ1n) is 10.2. The Balaban J connectivity index is 1.82. The highest BCUT2D eigenvalue weighted by atomic mass is 32.2. The molecular weight excluding hydrogens is 416 g/mol. The lowest BCUT2D eigenvalue weighted by Gasteiger charge is -2.19. The zero-order valence-electron chi connectivity index (χ0n) is 18.3. The van der Waals surface area contributed by atoms with Gasteiger partial charge in [0.05, 0.1) is 19.1 Å². The van der Waals surface area contributed by atoms with Crippen molar-refractivity contribution >= 4 is 27.7 Å². The van der Waals surface area contributed by atoms with Crippen molar-refractivity contribution in [2.45, 2.75) is 25.2 Å². The summed E-state index contributed by atoms with van der Waals surface area (Å²) in [5.74, 6) is 1.11. The maximum Gasteiger partial charge on any atom is 0.251 e. The van der Waals surface area contributed by atoms with Crippen LogP contribution in [0.3, 0.4) is 0 Å². The fraction of sp³-hybridized carbons (Fsp3) is 0.348. The van der Waals surface area contributed by atoms with Crippen LogP contribution in [0.25, 0.3) is 6.08 Å². The minimum absolute atomic E-state index is 0.170. The van der Waals surface area contributed by atoms with E-state index in [0.717, 1.165) is 16.8 Å². The predicted molar refractivity (Wildman–Crippen MR) is 121 cm³/mol. The van der Waals surface area contributed by atoms with Crippen molar-refractivity contribution in [3.8, 4) is 11.5 Å². The Morgan fingerprint density at radius 3 is 2.48 bits per heavy atom. The largest absolute Gasteiger partial charge is 0.497 e. The van der Waals surface area contributed by atoms with Crippen molar-refractivity contribution in [1.82, 2.24) is 4.31 Å². The average Bonchev–Trinajstić information content (AvgIpc) is 3.21. The molecular formula is C23H28N2O5S. The number of fused-ring (bicyclic) bond motifs is 1. The van der Waals surface area contributed by atoms with E-state index in [4.69, 9.17) is 9.47 Å². The van der Waals surface area contributed by atoms with Crippen molar-refractivity contribution in [2.75, 3.05) is 38.8 Å². The van der Waals surface area contributed by atoms with Gasteiger partial charge in [-0.2, -0.15) is 4.31 Å². The summed E-state index contributed by atoms with van der Waals surface area (Å²) < 4.78 is 37.6. The van der Waals surface area contributed by atoms with Gasteiger partial charge >= 0.3 is 0 Å². The summed E-state index contributed by atoms with van der Waals surface area (Å²) in [6, 6.07) is 10.4. The molecule has 0 radical (unpaired) electrons. The third-order valence-corrected chi connectivity index (χ3v) is 7.45. The fourth-order valence-electron chi connectivity index (χ4n) is 3.69. The van der Waals surface area contributed by atoms with Crippen LogP contribution in [-0.4, -0.2) is 52.5 Å². The lowest BCUT2D eigenvalue weighted by Crippen LogP contribution is -2.30. The number of anilines is 1. The Bertz CT molecular complexity index is 1090. The highest BCUT2D eigenvalue weighted by Gasteiger charge is 2.27. The van der Waals surface area contributed by atoms with E-state index < -0.39 is 10.0 Å². The molecule has 0 bridgehead atoms. The van der Waals surface area contributed by atoms with E-state index in [-0.39, 0.29) is 10.8 Å². The van der Waals surface area contributed by atoms with Gasteiger partial charge in [-0.1, -0.05) is 13.8 Å². The molecule has 2 aromatic rings. The van der Waals surface area contributed by atoms with Crippen LogP contribution in [-0.2, 0) is 21.2 Å². The summed E-state index contributed by atoms with van der Waals surface area (Å²) in [4.78, 5) is 14.8. The summed E-state index contributed by atoms with van der Waals surface area (Å²) in [6.45, 7) is 4.98. The standard InChI is InChI=1S/C23H28N2O5S/c1-5-24(6-2)31(27,28)20-10-11-21-18(15-20)13-14-25(21)23(26)12-8-17-7-9-19(29-3)16-22(17)30-4/h7-12,15-16H,5-6,13-14H2,1-4H3/b12-8+. The van der Waals surface area contributed by atoms with Crippen LogP contribution in [0.1, 0.15) is 25.0 Å². The second kappa shape index (κ2) is 9.53. The van der Waals surface area contributed by atoms with Crippen molar-refractivity contribution in [3.63, 3.8) is 0 Å². The van der Waals surface area contributed by atoms with Gasteiger partial charge in [0, 0.05) is 43.0 Å². The van der Waals surface area contributed by atoms with Crippen LogP contribution in [0.15, 0.2) is 47.4 Å². The molecule has 0 saturated heterocycles. The Morgan fingerprint density at radius 1 is 1.10 bits per heavy atom. The summed E-state index contributed by atoms with van der Waals surface area (Å²) in [7, 11) is -0.384. The molecule has 0 N–H and O–H groups in total. The number of ether oxygens (including phenoxy) is 2. The van der Waals surface area contributed by atoms with E-state index in [0.29, 0.717) is 37.6 Å². The number of benzene rings is 2. The Hall–Kier alpha value is -2.84. The number of rotatable bonds is 8. The molecule has 0 aliphatic carbocycles. The number of methoxy groups -OCH3 is 2. The molecule has 31 heavy (non-hydrogen) atoms. The zero-order valence-corrected chi connectivity index (χ0v) is 19.1. The summed E-state index contributed by atoms with van der Waals surface area (Å²) in [5, 5.41) is 0. The monoisotopic (exact) mass is 444 g/mol. The van der Waals surface area contributed by atoms with Gasteiger partial charge in [0.15, 0.2) is 0 Å². The molecule has 0 atom stereocenters. The van der Waals surface area contributed by atoms with Gasteiger partial charge in [-0.25, -0.2) is 8.42 Å². The normalized spacial score (nSPS) is 13.6. The molecule has 0 spiro atoms. The smallest absolute Gasteiger partial charge is 0.251 e. The van der Waals surface area contributed by atoms with E-state index >= 15 is 0 Å². The molecule has 0 saturated carbocycles. The van der Waals surface area contributed by atoms with Crippen LogP contribution in [0, 0.1) is 0 Å². The first kappa shape index (κ1) is 22.8. The van der Waals surface area contributed by atoms with Crippen LogP contribution >= 0.6 is 0 Å². The third-order valence-electron chi connectivity index (χ3n) is 5.40. The van der Waals surface area contributed by atoms with Crippen LogP contribution in [0.4, 0.5) is 5.69 Å². The SMILES string of the molecule is CCN(CC)S(=O)(=O)c1ccc2c(c1)CCN2C(=O)/C=C/c1ccc(OC)cc1OC. The fourth-order valence-corrected chi connectivity index (χ4v) is 5.20. The van der Waals surface area contributed by atoms with E-state index in [2.05, 4.69) is 0 Å². The lowest BCUT2D eigenvalue weighted by atomic mass is 10.1. The van der Waals surface area contributed by atoms with Gasteiger partial charge in [-0.3, -0.25) is 4.79 Å². The second-order valence-electron chi connectivity index (χ2n) is 7.06. The number of hydrogen-bond donors (Lipinski definition) is 0. The Morgan fingerprint density at radius 2 is 1.84 bits per heavy atom. The molecule has 0 unspecified atom stereocenters. The summed E-state index contributed by atoms with van der Waals surface area (Å²) in [5.41, 5.74) is 2.36. The number of nitrogens with zero attached hydrogens (tertiary/aromatic N) is 2. The molecule has 1 aliphatic rings. The summed E-state index contributed by atoms with van der Waals surface area (Å²) in [6.07, 6.45) is 3.82. The third kappa shape index (κ3) is 4.60. The minimum atomic E-state index is -3.53. The molecule has 7 nitrogen and oxygen atoms in total. The quantitative estimate of drug-likeness (QED) is 0.584. The van der Waals surface area contributed by atoms with E-state index in [9.17, 15) is 13.2 Å². The molecule has 8 heteroatoms. The average molecular weight is 445 g/mol. The van der Waals surface area contributed by atoms with E-state index in [1.165, 1.54) is 10.4 Å². The van der Waals surface area contributed by atoms with Gasteiger partial charge in [-0.05, 0) is 48.4 Å². The minimum Gasteiger partial charge on any atom is -0.497 e. The lowest BCUT2D eigenvalue weighted by molar-refractivity contribution is -0.114. The van der Waals surface area contributed by atoms with Crippen molar-refractivity contribution in [3.05, 3.63) is 53.6 Å². The van der Waals surface area contributed by atoms with Crippen LogP contribution < -0.4 is 14.4 Å². The zero-order chi connectivity index (χ0) is 22.6.